The fourth-order valence-corrected chi connectivity index (χ4v) is 4.44. The molecule has 5 nitrogen and oxygen atoms in total. The van der Waals surface area contributed by atoms with E-state index in [-0.39, 0.29) is 11.9 Å². The highest BCUT2D eigenvalue weighted by molar-refractivity contribution is 7.13. The smallest absolute Gasteiger partial charge is 0.265 e. The molecule has 1 aliphatic carbocycles. The summed E-state index contributed by atoms with van der Waals surface area (Å²) in [6.07, 6.45) is 6.36. The van der Waals surface area contributed by atoms with Gasteiger partial charge in [0.2, 0.25) is 0 Å². The molecule has 1 atom stereocenters. The maximum absolute atomic E-state index is 12.9. The van der Waals surface area contributed by atoms with Gasteiger partial charge >= 0.3 is 0 Å². The molecule has 0 N–H and O–H groups in total. The Morgan fingerprint density at radius 2 is 2.17 bits per heavy atom. The van der Waals surface area contributed by atoms with Crippen molar-refractivity contribution in [1.82, 2.24) is 19.7 Å². The molecule has 6 heteroatoms. The summed E-state index contributed by atoms with van der Waals surface area (Å²) in [6, 6.07) is 2.33. The minimum absolute atomic E-state index is 0.151. The van der Waals surface area contributed by atoms with Gasteiger partial charge in [0.15, 0.2) is 0 Å². The molecule has 2 aromatic rings. The van der Waals surface area contributed by atoms with Crippen LogP contribution in [0.3, 0.4) is 0 Å². The quantitative estimate of drug-likeness (QED) is 0.865. The van der Waals surface area contributed by atoms with Crippen molar-refractivity contribution in [3.05, 3.63) is 33.5 Å². The van der Waals surface area contributed by atoms with Gasteiger partial charge in [-0.3, -0.25) is 9.48 Å². The first-order valence-corrected chi connectivity index (χ1v) is 9.21. The molecule has 0 spiro atoms. The van der Waals surface area contributed by atoms with Crippen LogP contribution in [0.4, 0.5) is 0 Å². The number of carbonyl (C=O) groups excluding carboxylic acids is 1. The molecule has 1 saturated carbocycles. The number of aryl methyl sites for hydroxylation is 2. The van der Waals surface area contributed by atoms with Gasteiger partial charge in [-0.2, -0.15) is 5.10 Å². The molecular weight excluding hydrogens is 308 g/mol. The average Bonchev–Trinajstić information content (AvgIpc) is 2.95. The molecule has 1 unspecified atom stereocenters. The lowest BCUT2D eigenvalue weighted by atomic mass is 10.2. The van der Waals surface area contributed by atoms with Crippen molar-refractivity contribution in [2.75, 3.05) is 6.54 Å². The minimum Gasteiger partial charge on any atom is -0.333 e. The molecule has 23 heavy (non-hydrogen) atoms. The third kappa shape index (κ3) is 2.92. The zero-order chi connectivity index (χ0) is 16.0. The van der Waals surface area contributed by atoms with Crippen LogP contribution in [0.15, 0.2) is 12.3 Å². The number of likely N-dealkylation sites (tertiary alicyclic amines) is 1. The Balaban J connectivity index is 1.49. The van der Waals surface area contributed by atoms with Gasteiger partial charge in [-0.1, -0.05) is 0 Å². The minimum atomic E-state index is 0.151. The van der Waals surface area contributed by atoms with Crippen molar-refractivity contribution in [3.8, 4) is 0 Å². The number of amides is 1. The largest absolute Gasteiger partial charge is 0.333 e. The van der Waals surface area contributed by atoms with Crippen molar-refractivity contribution in [1.29, 1.82) is 0 Å². The third-order valence-corrected chi connectivity index (χ3v) is 5.93. The Labute approximate surface area is 140 Å². The van der Waals surface area contributed by atoms with E-state index in [1.165, 1.54) is 12.8 Å². The highest BCUT2D eigenvalue weighted by atomic mass is 32.1. The van der Waals surface area contributed by atoms with Gasteiger partial charge in [-0.25, -0.2) is 4.98 Å². The summed E-state index contributed by atoms with van der Waals surface area (Å²) in [5.41, 5.74) is 2.20. The maximum Gasteiger partial charge on any atom is 0.265 e. The topological polar surface area (TPSA) is 51.0 Å². The van der Waals surface area contributed by atoms with E-state index in [1.807, 2.05) is 16.5 Å². The summed E-state index contributed by atoms with van der Waals surface area (Å²) in [6.45, 7) is 5.73. The normalized spacial score (nSPS) is 21.1. The fourth-order valence-electron chi connectivity index (χ4n) is 3.40. The number of carbonyl (C=O) groups is 1. The van der Waals surface area contributed by atoms with E-state index in [4.69, 9.17) is 0 Å². The monoisotopic (exact) mass is 330 g/mol. The van der Waals surface area contributed by atoms with Crippen molar-refractivity contribution in [2.45, 2.75) is 58.0 Å². The van der Waals surface area contributed by atoms with Crippen LogP contribution < -0.4 is 0 Å². The molecule has 0 aromatic carbocycles. The zero-order valence-electron chi connectivity index (χ0n) is 13.7. The summed E-state index contributed by atoms with van der Waals surface area (Å²) in [5.74, 6) is 0.768. The van der Waals surface area contributed by atoms with E-state index in [9.17, 15) is 4.79 Å². The molecule has 4 rings (SSSR count). The summed E-state index contributed by atoms with van der Waals surface area (Å²) < 4.78 is 2.04. The summed E-state index contributed by atoms with van der Waals surface area (Å²) in [5, 5.41) is 5.69. The Morgan fingerprint density at radius 1 is 1.35 bits per heavy atom. The lowest BCUT2D eigenvalue weighted by Gasteiger charge is -2.24. The third-order valence-electron chi connectivity index (χ3n) is 4.79. The van der Waals surface area contributed by atoms with Crippen LogP contribution >= 0.6 is 11.3 Å². The molecular formula is C17H22N4OS. The van der Waals surface area contributed by atoms with Crippen LogP contribution in [-0.2, 0) is 6.54 Å². The molecule has 0 bridgehead atoms. The second kappa shape index (κ2) is 5.74. The van der Waals surface area contributed by atoms with Crippen molar-refractivity contribution in [3.63, 3.8) is 0 Å². The van der Waals surface area contributed by atoms with Crippen LogP contribution in [0.5, 0.6) is 0 Å². The van der Waals surface area contributed by atoms with Crippen LogP contribution in [0, 0.1) is 13.8 Å². The van der Waals surface area contributed by atoms with Gasteiger partial charge in [0, 0.05) is 18.2 Å². The highest BCUT2D eigenvalue weighted by Gasteiger charge is 2.33. The average molecular weight is 330 g/mol. The van der Waals surface area contributed by atoms with E-state index in [1.54, 1.807) is 17.5 Å². The lowest BCUT2D eigenvalue weighted by Crippen LogP contribution is -2.38. The molecule has 3 heterocycles. The molecule has 2 fully saturated rings. The molecule has 0 radical (unpaired) electrons. The molecule has 1 amide bonds. The maximum atomic E-state index is 12.9. The first-order valence-electron chi connectivity index (χ1n) is 8.39. The molecule has 1 saturated heterocycles. The number of nitrogens with zero attached hydrogens (tertiary/aromatic N) is 4. The number of hydrogen-bond acceptors (Lipinski definition) is 4. The Bertz CT molecular complexity index is 731. The SMILES string of the molecule is Cc1cc(C)n(CC2CCCN2C(=O)c2cnc(C3CC3)s2)n1. The van der Waals surface area contributed by atoms with Crippen molar-refractivity contribution in [2.24, 2.45) is 0 Å². The number of aromatic nitrogens is 3. The van der Waals surface area contributed by atoms with Crippen molar-refractivity contribution >= 4 is 17.2 Å². The lowest BCUT2D eigenvalue weighted by molar-refractivity contribution is 0.0725. The van der Waals surface area contributed by atoms with Gasteiger partial charge in [0.1, 0.15) is 4.88 Å². The number of thiazole rings is 1. The predicted octanol–water partition coefficient (Wildman–Crippen LogP) is 3.14. The molecule has 2 aliphatic rings. The Hall–Kier alpha value is -1.69. The molecule has 1 aliphatic heterocycles. The van der Waals surface area contributed by atoms with Crippen molar-refractivity contribution < 1.29 is 4.79 Å². The van der Waals surface area contributed by atoms with Crippen LogP contribution in [0.1, 0.15) is 57.7 Å². The van der Waals surface area contributed by atoms with Gasteiger partial charge in [-0.05, 0) is 45.6 Å². The van der Waals surface area contributed by atoms with Gasteiger partial charge in [0.05, 0.1) is 29.5 Å². The van der Waals surface area contributed by atoms with E-state index >= 15 is 0 Å². The van der Waals surface area contributed by atoms with Gasteiger partial charge in [0.25, 0.3) is 5.91 Å². The second-order valence-electron chi connectivity index (χ2n) is 6.74. The van der Waals surface area contributed by atoms with Crippen LogP contribution in [-0.4, -0.2) is 38.2 Å². The van der Waals surface area contributed by atoms with Crippen LogP contribution in [0.25, 0.3) is 0 Å². The first-order chi connectivity index (χ1) is 11.1. The second-order valence-corrected chi connectivity index (χ2v) is 7.80. The summed E-state index contributed by atoms with van der Waals surface area (Å²) >= 11 is 1.59. The number of rotatable bonds is 4. The molecule has 122 valence electrons. The van der Waals surface area contributed by atoms with E-state index in [2.05, 4.69) is 23.1 Å². The van der Waals surface area contributed by atoms with E-state index < -0.39 is 0 Å². The zero-order valence-corrected chi connectivity index (χ0v) is 14.5. The van der Waals surface area contributed by atoms with Gasteiger partial charge in [-0.15, -0.1) is 11.3 Å². The number of hydrogen-bond donors (Lipinski definition) is 0. The fraction of sp³-hybridized carbons (Fsp3) is 0.588. The van der Waals surface area contributed by atoms with E-state index in [0.29, 0.717) is 5.92 Å². The molecule has 2 aromatic heterocycles. The summed E-state index contributed by atoms with van der Waals surface area (Å²) in [7, 11) is 0. The van der Waals surface area contributed by atoms with Crippen LogP contribution in [0.2, 0.25) is 0 Å². The van der Waals surface area contributed by atoms with E-state index in [0.717, 1.165) is 47.2 Å². The predicted molar refractivity (Wildman–Crippen MR) is 89.8 cm³/mol. The first kappa shape index (κ1) is 14.9. The highest BCUT2D eigenvalue weighted by Crippen LogP contribution is 2.42. The van der Waals surface area contributed by atoms with Gasteiger partial charge < -0.3 is 4.90 Å². The Kier molecular flexibility index (Phi) is 3.71. The standard InChI is InChI=1S/C17H22N4OS/c1-11-8-12(2)21(19-11)10-14-4-3-7-20(14)17(22)15-9-18-16(23-15)13-5-6-13/h8-9,13-14H,3-7,10H2,1-2H3. The summed E-state index contributed by atoms with van der Waals surface area (Å²) in [4.78, 5) is 20.1. The Morgan fingerprint density at radius 3 is 2.87 bits per heavy atom.